The lowest BCUT2D eigenvalue weighted by Crippen LogP contribution is -2.38. The van der Waals surface area contributed by atoms with Gasteiger partial charge in [-0.05, 0) is 62.6 Å². The second kappa shape index (κ2) is 5.53. The van der Waals surface area contributed by atoms with Gasteiger partial charge in [-0.25, -0.2) is 0 Å². The third-order valence-corrected chi connectivity index (χ3v) is 4.42. The third-order valence-electron chi connectivity index (χ3n) is 4.42. The zero-order valence-electron chi connectivity index (χ0n) is 12.6. The van der Waals surface area contributed by atoms with Crippen molar-refractivity contribution in [1.82, 2.24) is 4.90 Å². The van der Waals surface area contributed by atoms with Gasteiger partial charge in [-0.3, -0.25) is 9.69 Å². The van der Waals surface area contributed by atoms with Gasteiger partial charge in [-0.15, -0.1) is 0 Å². The molecule has 0 aliphatic carbocycles. The standard InChI is InChI=1S/C17H21NO3/c1-11-6-14-8-15(21-16(14)7-12(11)2)10-18-5-3-4-13(9-18)17(19)20/h6-8,13H,3-5,9-10H2,1-2H3,(H,19,20). The van der Waals surface area contributed by atoms with Crippen molar-refractivity contribution in [2.45, 2.75) is 33.2 Å². The normalized spacial score (nSPS) is 20.0. The molecule has 3 rings (SSSR count). The fourth-order valence-electron chi connectivity index (χ4n) is 3.06. The summed E-state index contributed by atoms with van der Waals surface area (Å²) >= 11 is 0. The minimum absolute atomic E-state index is 0.243. The van der Waals surface area contributed by atoms with Gasteiger partial charge in [0.25, 0.3) is 0 Å². The quantitative estimate of drug-likeness (QED) is 0.940. The van der Waals surface area contributed by atoms with E-state index in [4.69, 9.17) is 9.52 Å². The van der Waals surface area contributed by atoms with E-state index in [1.165, 1.54) is 11.1 Å². The molecule has 4 nitrogen and oxygen atoms in total. The summed E-state index contributed by atoms with van der Waals surface area (Å²) in [7, 11) is 0. The number of furan rings is 1. The molecule has 1 aromatic carbocycles. The molecule has 0 radical (unpaired) electrons. The molecule has 1 saturated heterocycles. The Balaban J connectivity index is 1.77. The van der Waals surface area contributed by atoms with Crippen molar-refractivity contribution in [2.75, 3.05) is 13.1 Å². The van der Waals surface area contributed by atoms with Crippen LogP contribution in [0.25, 0.3) is 11.0 Å². The fourth-order valence-corrected chi connectivity index (χ4v) is 3.06. The first-order valence-corrected chi connectivity index (χ1v) is 7.48. The molecule has 1 aliphatic rings. The number of carboxylic acids is 1. The number of carboxylic acid groups (broad SMARTS) is 1. The number of fused-ring (bicyclic) bond motifs is 1. The van der Waals surface area contributed by atoms with E-state index < -0.39 is 5.97 Å². The van der Waals surface area contributed by atoms with Crippen molar-refractivity contribution in [3.05, 3.63) is 35.1 Å². The SMILES string of the molecule is Cc1cc2cc(CN3CCCC(C(=O)O)C3)oc2cc1C. The first kappa shape index (κ1) is 14.1. The zero-order valence-corrected chi connectivity index (χ0v) is 12.6. The molecule has 1 fully saturated rings. The van der Waals surface area contributed by atoms with E-state index in [2.05, 4.69) is 36.9 Å². The molecular weight excluding hydrogens is 266 g/mol. The third kappa shape index (κ3) is 2.95. The zero-order chi connectivity index (χ0) is 15.0. The average molecular weight is 287 g/mol. The minimum Gasteiger partial charge on any atom is -0.481 e. The molecule has 1 unspecified atom stereocenters. The van der Waals surface area contributed by atoms with E-state index in [9.17, 15) is 4.79 Å². The van der Waals surface area contributed by atoms with Crippen LogP contribution >= 0.6 is 0 Å². The van der Waals surface area contributed by atoms with Gasteiger partial charge < -0.3 is 9.52 Å². The van der Waals surface area contributed by atoms with Crippen molar-refractivity contribution < 1.29 is 14.3 Å². The minimum atomic E-state index is -0.685. The Morgan fingerprint density at radius 3 is 2.86 bits per heavy atom. The Morgan fingerprint density at radius 2 is 2.10 bits per heavy atom. The number of nitrogens with zero attached hydrogens (tertiary/aromatic N) is 1. The highest BCUT2D eigenvalue weighted by Gasteiger charge is 2.25. The highest BCUT2D eigenvalue weighted by molar-refractivity contribution is 5.79. The predicted molar refractivity (Wildman–Crippen MR) is 81.3 cm³/mol. The first-order chi connectivity index (χ1) is 10.0. The molecule has 1 N–H and O–H groups in total. The van der Waals surface area contributed by atoms with Crippen LogP contribution in [0, 0.1) is 19.8 Å². The van der Waals surface area contributed by atoms with Crippen LogP contribution in [0.5, 0.6) is 0 Å². The molecule has 112 valence electrons. The molecular formula is C17H21NO3. The van der Waals surface area contributed by atoms with Crippen molar-refractivity contribution >= 4 is 16.9 Å². The van der Waals surface area contributed by atoms with Crippen LogP contribution in [0.2, 0.25) is 0 Å². The first-order valence-electron chi connectivity index (χ1n) is 7.48. The van der Waals surface area contributed by atoms with Crippen LogP contribution in [0.15, 0.2) is 22.6 Å². The van der Waals surface area contributed by atoms with Crippen LogP contribution in [-0.2, 0) is 11.3 Å². The van der Waals surface area contributed by atoms with Gasteiger partial charge >= 0.3 is 5.97 Å². The number of likely N-dealkylation sites (tertiary alicyclic amines) is 1. The van der Waals surface area contributed by atoms with Crippen molar-refractivity contribution in [3.8, 4) is 0 Å². The number of carbonyl (C=O) groups is 1. The van der Waals surface area contributed by atoms with Gasteiger partial charge in [-0.1, -0.05) is 0 Å². The average Bonchev–Trinajstić information content (AvgIpc) is 2.80. The van der Waals surface area contributed by atoms with E-state index in [1.807, 2.05) is 0 Å². The van der Waals surface area contributed by atoms with Crippen LogP contribution in [0.4, 0.5) is 0 Å². The summed E-state index contributed by atoms with van der Waals surface area (Å²) in [5.41, 5.74) is 3.41. The number of aliphatic carboxylic acids is 1. The van der Waals surface area contributed by atoms with Crippen LogP contribution in [-0.4, -0.2) is 29.1 Å². The molecule has 0 saturated carbocycles. The largest absolute Gasteiger partial charge is 0.481 e. The number of aryl methyl sites for hydroxylation is 2. The molecule has 1 aliphatic heterocycles. The van der Waals surface area contributed by atoms with E-state index in [0.29, 0.717) is 13.1 Å². The number of benzene rings is 1. The van der Waals surface area contributed by atoms with Crippen LogP contribution in [0.1, 0.15) is 29.7 Å². The highest BCUT2D eigenvalue weighted by atomic mass is 16.4. The Kier molecular flexibility index (Phi) is 3.72. The number of piperidine rings is 1. The summed E-state index contributed by atoms with van der Waals surface area (Å²) in [5.74, 6) is -0.00999. The van der Waals surface area contributed by atoms with Gasteiger partial charge in [0.2, 0.25) is 0 Å². The molecule has 0 bridgehead atoms. The summed E-state index contributed by atoms with van der Waals surface area (Å²) in [4.78, 5) is 13.3. The Bertz CT molecular complexity index is 635. The van der Waals surface area contributed by atoms with Crippen LogP contribution in [0.3, 0.4) is 0 Å². The second-order valence-corrected chi connectivity index (χ2v) is 6.10. The lowest BCUT2D eigenvalue weighted by atomic mass is 9.98. The Labute approximate surface area is 124 Å². The monoisotopic (exact) mass is 287 g/mol. The Hall–Kier alpha value is -1.81. The highest BCUT2D eigenvalue weighted by Crippen LogP contribution is 2.25. The molecule has 0 amide bonds. The van der Waals surface area contributed by atoms with E-state index in [1.54, 1.807) is 0 Å². The maximum absolute atomic E-state index is 11.1. The summed E-state index contributed by atoms with van der Waals surface area (Å²) in [6.45, 7) is 6.43. The summed E-state index contributed by atoms with van der Waals surface area (Å²) < 4.78 is 5.91. The van der Waals surface area contributed by atoms with E-state index in [-0.39, 0.29) is 5.92 Å². The lowest BCUT2D eigenvalue weighted by Gasteiger charge is -2.29. The van der Waals surface area contributed by atoms with Gasteiger partial charge in [0.15, 0.2) is 0 Å². The summed E-state index contributed by atoms with van der Waals surface area (Å²) in [5, 5.41) is 10.3. The summed E-state index contributed by atoms with van der Waals surface area (Å²) in [6.07, 6.45) is 1.72. The predicted octanol–water partition coefficient (Wildman–Crippen LogP) is 3.35. The van der Waals surface area contributed by atoms with E-state index in [0.717, 1.165) is 36.1 Å². The van der Waals surface area contributed by atoms with Gasteiger partial charge in [0, 0.05) is 11.9 Å². The van der Waals surface area contributed by atoms with Crippen molar-refractivity contribution in [3.63, 3.8) is 0 Å². The number of rotatable bonds is 3. The van der Waals surface area contributed by atoms with E-state index >= 15 is 0 Å². The van der Waals surface area contributed by atoms with Crippen LogP contribution < -0.4 is 0 Å². The molecule has 0 spiro atoms. The molecule has 1 atom stereocenters. The van der Waals surface area contributed by atoms with Gasteiger partial charge in [-0.2, -0.15) is 0 Å². The molecule has 2 heterocycles. The lowest BCUT2D eigenvalue weighted by molar-refractivity contribution is -0.143. The maximum atomic E-state index is 11.1. The summed E-state index contributed by atoms with van der Waals surface area (Å²) in [6, 6.07) is 6.30. The second-order valence-electron chi connectivity index (χ2n) is 6.10. The fraction of sp³-hybridized carbons (Fsp3) is 0.471. The topological polar surface area (TPSA) is 53.7 Å². The van der Waals surface area contributed by atoms with Gasteiger partial charge in [0.05, 0.1) is 12.5 Å². The maximum Gasteiger partial charge on any atom is 0.307 e. The number of hydrogen-bond donors (Lipinski definition) is 1. The molecule has 4 heteroatoms. The Morgan fingerprint density at radius 1 is 1.33 bits per heavy atom. The van der Waals surface area contributed by atoms with Crippen molar-refractivity contribution in [2.24, 2.45) is 5.92 Å². The van der Waals surface area contributed by atoms with Crippen molar-refractivity contribution in [1.29, 1.82) is 0 Å². The molecule has 1 aromatic heterocycles. The van der Waals surface area contributed by atoms with Gasteiger partial charge in [0.1, 0.15) is 11.3 Å². The smallest absolute Gasteiger partial charge is 0.307 e. The molecule has 2 aromatic rings. The number of hydrogen-bond acceptors (Lipinski definition) is 3. The molecule has 21 heavy (non-hydrogen) atoms.